The molecule has 0 aliphatic carbocycles. The normalized spacial score (nSPS) is 25.2. The highest BCUT2D eigenvalue weighted by atomic mass is 19.1. The van der Waals surface area contributed by atoms with Gasteiger partial charge in [-0.3, -0.25) is 14.4 Å². The van der Waals surface area contributed by atoms with Crippen molar-refractivity contribution in [2.45, 2.75) is 25.4 Å². The fourth-order valence-electron chi connectivity index (χ4n) is 2.59. The zero-order valence-corrected chi connectivity index (χ0v) is 11.6. The second-order valence-electron chi connectivity index (χ2n) is 5.22. The van der Waals surface area contributed by atoms with Crippen molar-refractivity contribution in [1.29, 1.82) is 0 Å². The first-order chi connectivity index (χ1) is 10.4. The topological polar surface area (TPSA) is 83.9 Å². The van der Waals surface area contributed by atoms with Gasteiger partial charge in [-0.15, -0.1) is 0 Å². The molecule has 0 bridgehead atoms. The molecule has 0 saturated carbocycles. The lowest BCUT2D eigenvalue weighted by Crippen LogP contribution is -2.34. The van der Waals surface area contributed by atoms with E-state index in [0.717, 1.165) is 6.07 Å². The van der Waals surface area contributed by atoms with E-state index in [4.69, 9.17) is 4.74 Å². The van der Waals surface area contributed by atoms with Crippen LogP contribution >= 0.6 is 0 Å². The quantitative estimate of drug-likeness (QED) is 0.837. The van der Waals surface area contributed by atoms with Gasteiger partial charge < -0.3 is 9.84 Å². The van der Waals surface area contributed by atoms with Crippen LogP contribution in [0.1, 0.15) is 25.3 Å². The molecule has 3 rings (SSSR count). The maximum Gasteiger partial charge on any atom is 0.252 e. The predicted octanol–water partition coefficient (Wildman–Crippen LogP) is 1.52. The largest absolute Gasteiger partial charge is 0.501 e. The van der Waals surface area contributed by atoms with Gasteiger partial charge >= 0.3 is 0 Å². The number of aliphatic hydroxyl groups excluding tert-OH is 1. The number of halogens is 1. The Kier molecular flexibility index (Phi) is 3.01. The number of hydrogen-bond donors (Lipinski definition) is 1. The van der Waals surface area contributed by atoms with Crippen molar-refractivity contribution >= 4 is 17.6 Å². The maximum atomic E-state index is 14.0. The molecule has 0 aromatic heterocycles. The van der Waals surface area contributed by atoms with Crippen LogP contribution in [0, 0.1) is 5.82 Å². The monoisotopic (exact) mass is 305 g/mol. The maximum absolute atomic E-state index is 14.0. The number of aliphatic hydroxyl groups is 1. The first kappa shape index (κ1) is 14.2. The highest BCUT2D eigenvalue weighted by Crippen LogP contribution is 2.41. The molecule has 2 amide bonds. The second-order valence-corrected chi connectivity index (χ2v) is 5.22. The van der Waals surface area contributed by atoms with Gasteiger partial charge in [0, 0.05) is 18.4 Å². The molecule has 1 saturated heterocycles. The zero-order chi connectivity index (χ0) is 16.1. The van der Waals surface area contributed by atoms with E-state index < -0.39 is 40.7 Å². The smallest absolute Gasteiger partial charge is 0.252 e. The Morgan fingerprint density at radius 1 is 1.18 bits per heavy atom. The molecule has 0 radical (unpaired) electrons. The Balaban J connectivity index is 2.04. The Labute approximate surface area is 124 Å². The van der Waals surface area contributed by atoms with Gasteiger partial charge in [0.2, 0.25) is 23.2 Å². The number of nitrogens with zero attached hydrogens (tertiary/aromatic N) is 1. The molecule has 1 N–H and O–H groups in total. The van der Waals surface area contributed by atoms with Crippen molar-refractivity contribution in [3.63, 3.8) is 0 Å². The van der Waals surface area contributed by atoms with Gasteiger partial charge in [0.1, 0.15) is 5.82 Å². The fourth-order valence-corrected chi connectivity index (χ4v) is 2.59. The number of ether oxygens (including phenoxy) is 1. The third-order valence-electron chi connectivity index (χ3n) is 3.79. The molecule has 2 aliphatic rings. The number of carbonyl (C=O) groups excluding carboxylic acids is 3. The van der Waals surface area contributed by atoms with Crippen molar-refractivity contribution < 1.29 is 28.6 Å². The standard InChI is InChI=1S/C15H12FNO5/c1-15(8-4-2-3-5-9(8)16)13(21)12(20)14(22-15)17-10(18)6-7-11(17)19/h2-5,20H,6-7H2,1H3. The lowest BCUT2D eigenvalue weighted by Gasteiger charge is -2.25. The number of carbonyl (C=O) groups is 3. The van der Waals surface area contributed by atoms with Crippen molar-refractivity contribution in [2.75, 3.05) is 0 Å². The van der Waals surface area contributed by atoms with E-state index >= 15 is 0 Å². The lowest BCUT2D eigenvalue weighted by molar-refractivity contribution is -0.144. The summed E-state index contributed by atoms with van der Waals surface area (Å²) in [7, 11) is 0. The molecule has 1 aromatic rings. The molecule has 6 nitrogen and oxygen atoms in total. The van der Waals surface area contributed by atoms with Crippen molar-refractivity contribution in [2.24, 2.45) is 0 Å². The summed E-state index contributed by atoms with van der Waals surface area (Å²) in [5.74, 6) is -4.11. The average Bonchev–Trinajstić information content (AvgIpc) is 2.92. The van der Waals surface area contributed by atoms with E-state index in [-0.39, 0.29) is 18.4 Å². The summed E-state index contributed by atoms with van der Waals surface area (Å²) in [6, 6.07) is 5.46. The van der Waals surface area contributed by atoms with E-state index in [1.165, 1.54) is 25.1 Å². The first-order valence-electron chi connectivity index (χ1n) is 6.64. The van der Waals surface area contributed by atoms with Crippen LogP contribution in [0.3, 0.4) is 0 Å². The van der Waals surface area contributed by atoms with Gasteiger partial charge in [-0.1, -0.05) is 18.2 Å². The van der Waals surface area contributed by atoms with Gasteiger partial charge in [-0.25, -0.2) is 9.29 Å². The molecular weight excluding hydrogens is 293 g/mol. The van der Waals surface area contributed by atoms with E-state index in [9.17, 15) is 23.9 Å². The number of amides is 2. The van der Waals surface area contributed by atoms with Gasteiger partial charge in [-0.2, -0.15) is 0 Å². The number of hydrogen-bond acceptors (Lipinski definition) is 5. The summed E-state index contributed by atoms with van der Waals surface area (Å²) in [6.45, 7) is 1.28. The van der Waals surface area contributed by atoms with Crippen LogP contribution < -0.4 is 0 Å². The highest BCUT2D eigenvalue weighted by Gasteiger charge is 2.53. The van der Waals surface area contributed by atoms with Gasteiger partial charge in [0.25, 0.3) is 11.7 Å². The van der Waals surface area contributed by atoms with E-state index in [1.54, 1.807) is 0 Å². The number of rotatable bonds is 2. The zero-order valence-electron chi connectivity index (χ0n) is 11.6. The Hall–Kier alpha value is -2.70. The van der Waals surface area contributed by atoms with Crippen LogP contribution in [-0.4, -0.2) is 27.6 Å². The molecule has 7 heteroatoms. The van der Waals surface area contributed by atoms with E-state index in [1.807, 2.05) is 0 Å². The molecule has 0 spiro atoms. The SMILES string of the molecule is CC1(c2ccccc2F)OC(N2C(=O)CCC2=O)=C(O)C1=O. The van der Waals surface area contributed by atoms with Crippen LogP contribution in [0.5, 0.6) is 0 Å². The predicted molar refractivity (Wildman–Crippen MR) is 70.6 cm³/mol. The molecule has 1 unspecified atom stereocenters. The summed E-state index contributed by atoms with van der Waals surface area (Å²) >= 11 is 0. The lowest BCUT2D eigenvalue weighted by atomic mass is 9.91. The summed E-state index contributed by atoms with van der Waals surface area (Å²) in [6.07, 6.45) is -0.0485. The Morgan fingerprint density at radius 3 is 2.36 bits per heavy atom. The van der Waals surface area contributed by atoms with Crippen LogP contribution in [-0.2, 0) is 24.7 Å². The number of imide groups is 1. The third-order valence-corrected chi connectivity index (χ3v) is 3.79. The highest BCUT2D eigenvalue weighted by molar-refractivity contribution is 6.08. The second kappa shape index (κ2) is 4.66. The van der Waals surface area contributed by atoms with Crippen molar-refractivity contribution in [3.8, 4) is 0 Å². The molecule has 1 fully saturated rings. The number of likely N-dealkylation sites (tertiary alicyclic amines) is 1. The molecule has 1 aromatic carbocycles. The Bertz CT molecular complexity index is 725. The molecule has 2 heterocycles. The first-order valence-corrected chi connectivity index (χ1v) is 6.64. The van der Waals surface area contributed by atoms with E-state index in [2.05, 4.69) is 0 Å². The minimum atomic E-state index is -1.83. The molecule has 1 atom stereocenters. The number of benzene rings is 1. The summed E-state index contributed by atoms with van der Waals surface area (Å²) < 4.78 is 19.4. The van der Waals surface area contributed by atoms with Crippen molar-refractivity contribution in [3.05, 3.63) is 47.3 Å². The summed E-state index contributed by atoms with van der Waals surface area (Å²) in [5, 5.41) is 9.98. The minimum absolute atomic E-state index is 0.0242. The third kappa shape index (κ3) is 1.82. The number of ketones is 1. The van der Waals surface area contributed by atoms with Crippen molar-refractivity contribution in [1.82, 2.24) is 4.90 Å². The van der Waals surface area contributed by atoms with Crippen LogP contribution in [0.4, 0.5) is 4.39 Å². The molecular formula is C15H12FNO5. The van der Waals surface area contributed by atoms with Gasteiger partial charge in [-0.05, 0) is 13.0 Å². The molecule has 114 valence electrons. The molecule has 22 heavy (non-hydrogen) atoms. The summed E-state index contributed by atoms with van der Waals surface area (Å²) in [5.41, 5.74) is -1.91. The fraction of sp³-hybridized carbons (Fsp3) is 0.267. The number of Topliss-reactive ketones (excluding diaryl/α,β-unsaturated/α-hetero) is 1. The van der Waals surface area contributed by atoms with Gasteiger partial charge in [0.15, 0.2) is 0 Å². The van der Waals surface area contributed by atoms with Crippen LogP contribution in [0.25, 0.3) is 0 Å². The van der Waals surface area contributed by atoms with Crippen LogP contribution in [0.2, 0.25) is 0 Å². The minimum Gasteiger partial charge on any atom is -0.501 e. The molecule has 2 aliphatic heterocycles. The Morgan fingerprint density at radius 2 is 1.77 bits per heavy atom. The van der Waals surface area contributed by atoms with Crippen LogP contribution in [0.15, 0.2) is 35.9 Å². The summed E-state index contributed by atoms with van der Waals surface area (Å²) in [4.78, 5) is 36.4. The van der Waals surface area contributed by atoms with Gasteiger partial charge in [0.05, 0.1) is 0 Å². The average molecular weight is 305 g/mol. The van der Waals surface area contributed by atoms with E-state index in [0.29, 0.717) is 4.90 Å².